The van der Waals surface area contributed by atoms with E-state index in [1.54, 1.807) is 23.1 Å². The van der Waals surface area contributed by atoms with Crippen LogP contribution in [0.3, 0.4) is 0 Å². The van der Waals surface area contributed by atoms with Gasteiger partial charge in [-0.15, -0.1) is 23.1 Å². The van der Waals surface area contributed by atoms with E-state index in [2.05, 4.69) is 18.4 Å². The minimum Gasteiger partial charge on any atom is -0.339 e. The molecule has 1 fully saturated rings. The van der Waals surface area contributed by atoms with Crippen LogP contribution in [0.2, 0.25) is 0 Å². The zero-order valence-corrected chi connectivity index (χ0v) is 12.8. The first-order valence-electron chi connectivity index (χ1n) is 6.90. The van der Waals surface area contributed by atoms with Crippen LogP contribution in [-0.4, -0.2) is 35.2 Å². The predicted octanol–water partition coefficient (Wildman–Crippen LogP) is 2.42. The molecule has 3 nitrogen and oxygen atoms in total. The van der Waals surface area contributed by atoms with Gasteiger partial charge in [-0.2, -0.15) is 0 Å². The second-order valence-electron chi connectivity index (χ2n) is 5.47. The molecule has 2 N–H and O–H groups in total. The molecule has 1 aromatic rings. The Hall–Kier alpha value is -0.520. The van der Waals surface area contributed by atoms with Crippen molar-refractivity contribution in [2.45, 2.75) is 43.5 Å². The molecule has 104 valence electrons. The fourth-order valence-electron chi connectivity index (χ4n) is 3.04. The first kappa shape index (κ1) is 13.5. The van der Waals surface area contributed by atoms with E-state index in [0.29, 0.717) is 5.91 Å². The minimum absolute atomic E-state index is 0.0202. The number of thiophene rings is 1. The third-order valence-corrected chi connectivity index (χ3v) is 6.33. The molecule has 0 saturated carbocycles. The SMILES string of the molecule is CC1CC(N)CCN1C(=O)C1SCCc2sccc21. The number of thioether (sulfide) groups is 1. The van der Waals surface area contributed by atoms with Gasteiger partial charge in [-0.1, -0.05) is 0 Å². The Morgan fingerprint density at radius 2 is 2.37 bits per heavy atom. The normalized spacial score (nSPS) is 31.1. The summed E-state index contributed by atoms with van der Waals surface area (Å²) in [5, 5.41) is 2.14. The topological polar surface area (TPSA) is 46.3 Å². The molecular formula is C14H20N2OS2. The number of aryl methyl sites for hydroxylation is 1. The number of carbonyl (C=O) groups excluding carboxylic acids is 1. The van der Waals surface area contributed by atoms with E-state index in [1.807, 2.05) is 4.90 Å². The van der Waals surface area contributed by atoms with Gasteiger partial charge in [-0.05, 0) is 48.9 Å². The monoisotopic (exact) mass is 296 g/mol. The largest absolute Gasteiger partial charge is 0.339 e. The molecule has 0 bridgehead atoms. The lowest BCUT2D eigenvalue weighted by molar-refractivity contribution is -0.134. The number of amides is 1. The van der Waals surface area contributed by atoms with Gasteiger partial charge in [0.1, 0.15) is 5.25 Å². The lowest BCUT2D eigenvalue weighted by Crippen LogP contribution is -2.49. The Morgan fingerprint density at radius 3 is 3.16 bits per heavy atom. The highest BCUT2D eigenvalue weighted by molar-refractivity contribution is 8.00. The fourth-order valence-corrected chi connectivity index (χ4v) is 5.40. The fraction of sp³-hybridized carbons (Fsp3) is 0.643. The van der Waals surface area contributed by atoms with Gasteiger partial charge < -0.3 is 10.6 Å². The molecule has 0 aromatic carbocycles. The van der Waals surface area contributed by atoms with Crippen molar-refractivity contribution in [1.29, 1.82) is 0 Å². The number of likely N-dealkylation sites (tertiary alicyclic amines) is 1. The number of carbonyl (C=O) groups is 1. The maximum atomic E-state index is 12.8. The van der Waals surface area contributed by atoms with Gasteiger partial charge in [0.05, 0.1) is 0 Å². The summed E-state index contributed by atoms with van der Waals surface area (Å²) in [5.41, 5.74) is 7.24. The van der Waals surface area contributed by atoms with Crippen molar-refractivity contribution < 1.29 is 4.79 Å². The summed E-state index contributed by atoms with van der Waals surface area (Å²) in [4.78, 5) is 16.3. The van der Waals surface area contributed by atoms with Gasteiger partial charge in [0, 0.05) is 23.5 Å². The van der Waals surface area contributed by atoms with Gasteiger partial charge in [0.15, 0.2) is 0 Å². The number of hydrogen-bond donors (Lipinski definition) is 1. The molecule has 0 aliphatic carbocycles. The minimum atomic E-state index is 0.0202. The molecule has 3 rings (SSSR count). The zero-order valence-electron chi connectivity index (χ0n) is 11.2. The number of hydrogen-bond acceptors (Lipinski definition) is 4. The summed E-state index contributed by atoms with van der Waals surface area (Å²) in [6, 6.07) is 2.67. The Bertz CT molecular complexity index is 474. The molecule has 1 amide bonds. The van der Waals surface area contributed by atoms with Crippen LogP contribution in [0, 0.1) is 0 Å². The maximum Gasteiger partial charge on any atom is 0.240 e. The van der Waals surface area contributed by atoms with Crippen LogP contribution in [0.5, 0.6) is 0 Å². The van der Waals surface area contributed by atoms with Crippen molar-refractivity contribution in [2.75, 3.05) is 12.3 Å². The van der Waals surface area contributed by atoms with E-state index >= 15 is 0 Å². The summed E-state index contributed by atoms with van der Waals surface area (Å²) < 4.78 is 0. The summed E-state index contributed by atoms with van der Waals surface area (Å²) >= 11 is 3.59. The van der Waals surface area contributed by atoms with E-state index in [-0.39, 0.29) is 17.3 Å². The molecule has 0 spiro atoms. The van der Waals surface area contributed by atoms with E-state index < -0.39 is 0 Å². The standard InChI is InChI=1S/C14H20N2OS2/c1-9-8-10(15)2-5-16(9)14(17)13-11-3-6-18-12(11)4-7-19-13/h3,6,9-10,13H,2,4-5,7-8,15H2,1H3. The Balaban J connectivity index is 1.78. The Labute approximate surface area is 122 Å². The van der Waals surface area contributed by atoms with Crippen molar-refractivity contribution in [3.8, 4) is 0 Å². The van der Waals surface area contributed by atoms with Crippen molar-refractivity contribution in [3.05, 3.63) is 21.9 Å². The number of nitrogens with two attached hydrogens (primary N) is 1. The van der Waals surface area contributed by atoms with Crippen LogP contribution in [0.15, 0.2) is 11.4 Å². The van der Waals surface area contributed by atoms with Crippen LogP contribution >= 0.6 is 23.1 Å². The average Bonchev–Trinajstić information content (AvgIpc) is 2.86. The van der Waals surface area contributed by atoms with Crippen LogP contribution in [0.1, 0.15) is 35.5 Å². The highest BCUT2D eigenvalue weighted by Gasteiger charge is 2.35. The molecule has 1 saturated heterocycles. The molecular weight excluding hydrogens is 276 g/mol. The smallest absolute Gasteiger partial charge is 0.240 e. The molecule has 1 aromatic heterocycles. The molecule has 3 heterocycles. The molecule has 5 heteroatoms. The van der Waals surface area contributed by atoms with Gasteiger partial charge in [0.25, 0.3) is 0 Å². The third-order valence-electron chi connectivity index (χ3n) is 4.10. The summed E-state index contributed by atoms with van der Waals surface area (Å²) in [6.07, 6.45) is 2.98. The first-order chi connectivity index (χ1) is 9.16. The number of fused-ring (bicyclic) bond motifs is 1. The average molecular weight is 296 g/mol. The van der Waals surface area contributed by atoms with Crippen LogP contribution in [0.4, 0.5) is 0 Å². The summed E-state index contributed by atoms with van der Waals surface area (Å²) in [5.74, 6) is 1.36. The van der Waals surface area contributed by atoms with Crippen molar-refractivity contribution in [3.63, 3.8) is 0 Å². The number of rotatable bonds is 1. The number of piperidine rings is 1. The Kier molecular flexibility index (Phi) is 3.87. The highest BCUT2D eigenvalue weighted by Crippen LogP contribution is 2.41. The molecule has 3 atom stereocenters. The first-order valence-corrected chi connectivity index (χ1v) is 8.83. The zero-order chi connectivity index (χ0) is 13.4. The molecule has 2 aliphatic heterocycles. The van der Waals surface area contributed by atoms with Crippen LogP contribution in [-0.2, 0) is 11.2 Å². The molecule has 3 unspecified atom stereocenters. The maximum absolute atomic E-state index is 12.8. The molecule has 19 heavy (non-hydrogen) atoms. The van der Waals surface area contributed by atoms with E-state index in [1.165, 1.54) is 10.4 Å². The van der Waals surface area contributed by atoms with Crippen LogP contribution < -0.4 is 5.73 Å². The quantitative estimate of drug-likeness (QED) is 0.865. The second kappa shape index (κ2) is 5.46. The molecule has 0 radical (unpaired) electrons. The van der Waals surface area contributed by atoms with Crippen molar-refractivity contribution >= 4 is 29.0 Å². The summed E-state index contributed by atoms with van der Waals surface area (Å²) in [6.45, 7) is 2.94. The lowest BCUT2D eigenvalue weighted by Gasteiger charge is -2.38. The van der Waals surface area contributed by atoms with Crippen LogP contribution in [0.25, 0.3) is 0 Å². The van der Waals surface area contributed by atoms with E-state index in [0.717, 1.165) is 31.6 Å². The van der Waals surface area contributed by atoms with Gasteiger partial charge in [-0.3, -0.25) is 4.79 Å². The lowest BCUT2D eigenvalue weighted by atomic mass is 9.98. The number of nitrogens with zero attached hydrogens (tertiary/aromatic N) is 1. The van der Waals surface area contributed by atoms with Crippen molar-refractivity contribution in [1.82, 2.24) is 4.90 Å². The van der Waals surface area contributed by atoms with E-state index in [4.69, 9.17) is 5.73 Å². The van der Waals surface area contributed by atoms with Crippen molar-refractivity contribution in [2.24, 2.45) is 5.73 Å². The summed E-state index contributed by atoms with van der Waals surface area (Å²) in [7, 11) is 0. The van der Waals surface area contributed by atoms with Gasteiger partial charge in [0.2, 0.25) is 5.91 Å². The van der Waals surface area contributed by atoms with Gasteiger partial charge >= 0.3 is 0 Å². The van der Waals surface area contributed by atoms with Gasteiger partial charge in [-0.25, -0.2) is 0 Å². The second-order valence-corrected chi connectivity index (χ2v) is 7.68. The third kappa shape index (κ3) is 2.56. The Morgan fingerprint density at radius 1 is 1.53 bits per heavy atom. The van der Waals surface area contributed by atoms with E-state index in [9.17, 15) is 4.79 Å². The highest BCUT2D eigenvalue weighted by atomic mass is 32.2. The molecule has 2 aliphatic rings. The predicted molar refractivity (Wildman–Crippen MR) is 81.6 cm³/mol.